The second-order valence-corrected chi connectivity index (χ2v) is 7.00. The van der Waals surface area contributed by atoms with Crippen molar-refractivity contribution in [2.24, 2.45) is 0 Å². The maximum Gasteiger partial charge on any atom is 0.189 e. The summed E-state index contributed by atoms with van der Waals surface area (Å²) in [5.74, 6) is 0.613. The van der Waals surface area contributed by atoms with Crippen LogP contribution in [0.1, 0.15) is 40.7 Å². The van der Waals surface area contributed by atoms with Crippen molar-refractivity contribution in [1.29, 1.82) is 0 Å². The van der Waals surface area contributed by atoms with Crippen molar-refractivity contribution < 1.29 is 14.6 Å². The van der Waals surface area contributed by atoms with Crippen molar-refractivity contribution in [3.8, 4) is 11.5 Å². The van der Waals surface area contributed by atoms with Crippen molar-refractivity contribution in [3.05, 3.63) is 58.7 Å². The second-order valence-electron chi connectivity index (χ2n) is 7.00. The Bertz CT molecular complexity index is 879. The van der Waals surface area contributed by atoms with Gasteiger partial charge in [-0.25, -0.2) is 0 Å². The van der Waals surface area contributed by atoms with Crippen molar-refractivity contribution in [2.45, 2.75) is 25.7 Å². The molecule has 0 radical (unpaired) electrons. The minimum Gasteiger partial charge on any atom is -0.504 e. The Kier molecular flexibility index (Phi) is 4.41. The predicted octanol–water partition coefficient (Wildman–Crippen LogP) is 4.21. The third-order valence-corrected chi connectivity index (χ3v) is 5.28. The smallest absolute Gasteiger partial charge is 0.189 e. The summed E-state index contributed by atoms with van der Waals surface area (Å²) in [6.45, 7) is 2.14. The van der Waals surface area contributed by atoms with Gasteiger partial charge in [-0.05, 0) is 60.7 Å². The molecule has 0 unspecified atom stereocenters. The Hall–Kier alpha value is -2.75. The summed E-state index contributed by atoms with van der Waals surface area (Å²) in [5, 5.41) is 9.73. The molecule has 1 aliphatic heterocycles. The number of allylic oxidation sites excluding steroid dienone is 1. The normalized spacial score (nSPS) is 18.3. The van der Waals surface area contributed by atoms with E-state index in [0.29, 0.717) is 12.2 Å². The van der Waals surface area contributed by atoms with Gasteiger partial charge in [0.05, 0.1) is 7.11 Å². The number of ketones is 1. The van der Waals surface area contributed by atoms with E-state index in [1.807, 2.05) is 6.08 Å². The number of Topliss-reactive ketones (excluding diaryl/α,β-unsaturated/α-hetero) is 1. The van der Waals surface area contributed by atoms with Gasteiger partial charge in [0, 0.05) is 36.3 Å². The van der Waals surface area contributed by atoms with Gasteiger partial charge in [0.25, 0.3) is 0 Å². The number of benzene rings is 2. The van der Waals surface area contributed by atoms with Crippen LogP contribution in [0.15, 0.2) is 42.0 Å². The molecule has 2 aromatic rings. The van der Waals surface area contributed by atoms with E-state index in [1.165, 1.54) is 26.4 Å². The molecule has 1 heterocycles. The quantitative estimate of drug-likeness (QED) is 0.843. The number of nitrogens with zero attached hydrogens (tertiary/aromatic N) is 1. The molecule has 1 N–H and O–H groups in total. The molecule has 4 rings (SSSR count). The molecule has 2 aromatic carbocycles. The van der Waals surface area contributed by atoms with Gasteiger partial charge < -0.3 is 14.7 Å². The first kappa shape index (κ1) is 16.7. The van der Waals surface area contributed by atoms with E-state index in [2.05, 4.69) is 23.1 Å². The number of methoxy groups -OCH3 is 1. The summed E-state index contributed by atoms with van der Waals surface area (Å²) in [7, 11) is 1.52. The zero-order valence-electron chi connectivity index (χ0n) is 15.0. The highest BCUT2D eigenvalue weighted by atomic mass is 16.5. The van der Waals surface area contributed by atoms with Crippen LogP contribution in [0.5, 0.6) is 11.5 Å². The number of phenols is 1. The number of piperidine rings is 1. The van der Waals surface area contributed by atoms with Gasteiger partial charge in [-0.1, -0.05) is 12.1 Å². The monoisotopic (exact) mass is 349 g/mol. The number of rotatable bonds is 3. The number of phenolic OH excluding ortho intramolecular Hbond substituents is 1. The van der Waals surface area contributed by atoms with Gasteiger partial charge in [0.15, 0.2) is 17.3 Å². The van der Waals surface area contributed by atoms with Crippen molar-refractivity contribution in [2.75, 3.05) is 25.1 Å². The number of ether oxygens (including phenoxy) is 1. The zero-order valence-corrected chi connectivity index (χ0v) is 15.0. The first-order valence-electron chi connectivity index (χ1n) is 9.16. The van der Waals surface area contributed by atoms with Crippen molar-refractivity contribution in [3.63, 3.8) is 0 Å². The van der Waals surface area contributed by atoms with Crippen molar-refractivity contribution in [1.82, 2.24) is 0 Å². The third-order valence-electron chi connectivity index (χ3n) is 5.28. The summed E-state index contributed by atoms with van der Waals surface area (Å²) in [5.41, 5.74) is 4.71. The van der Waals surface area contributed by atoms with Crippen LogP contribution in [0.4, 0.5) is 5.69 Å². The fraction of sp³-hybridized carbons (Fsp3) is 0.318. The number of hydrogen-bond acceptors (Lipinski definition) is 4. The second kappa shape index (κ2) is 6.87. The molecule has 0 bridgehead atoms. The lowest BCUT2D eigenvalue weighted by Crippen LogP contribution is -2.29. The Morgan fingerprint density at radius 2 is 1.88 bits per heavy atom. The third kappa shape index (κ3) is 3.07. The highest BCUT2D eigenvalue weighted by Gasteiger charge is 2.26. The molecule has 1 saturated heterocycles. The van der Waals surface area contributed by atoms with Crippen LogP contribution in [-0.2, 0) is 6.42 Å². The number of anilines is 1. The van der Waals surface area contributed by atoms with E-state index in [9.17, 15) is 9.90 Å². The van der Waals surface area contributed by atoms with E-state index in [-0.39, 0.29) is 11.5 Å². The summed E-state index contributed by atoms with van der Waals surface area (Å²) in [6, 6.07) is 11.4. The van der Waals surface area contributed by atoms with Crippen LogP contribution in [-0.4, -0.2) is 31.1 Å². The summed E-state index contributed by atoms with van der Waals surface area (Å²) in [6.07, 6.45) is 6.28. The van der Waals surface area contributed by atoms with Crippen LogP contribution in [0, 0.1) is 0 Å². The van der Waals surface area contributed by atoms with Gasteiger partial charge in [-0.15, -0.1) is 0 Å². The number of hydrogen-bond donors (Lipinski definition) is 1. The standard InChI is InChI=1S/C22H23NO3/c1-26-21-12-15(5-8-20(21)24)11-17-13-16-6-7-18(14-19(16)22(17)25)23-9-3-2-4-10-23/h5-8,11-12,14,24H,2-4,9-10,13H2,1H3/b17-11+. The molecule has 0 saturated carbocycles. The van der Waals surface area contributed by atoms with Gasteiger partial charge >= 0.3 is 0 Å². The molecule has 0 spiro atoms. The Labute approximate surface area is 153 Å². The van der Waals surface area contributed by atoms with Crippen LogP contribution in [0.2, 0.25) is 0 Å². The van der Waals surface area contributed by atoms with E-state index in [1.54, 1.807) is 18.2 Å². The average Bonchev–Trinajstić information content (AvgIpc) is 2.99. The molecule has 0 amide bonds. The first-order chi connectivity index (χ1) is 12.7. The molecular weight excluding hydrogens is 326 g/mol. The fourth-order valence-corrected chi connectivity index (χ4v) is 3.84. The Balaban J connectivity index is 1.61. The molecule has 0 atom stereocenters. The minimum atomic E-state index is 0.0989. The maximum atomic E-state index is 12.9. The largest absolute Gasteiger partial charge is 0.504 e. The van der Waals surface area contributed by atoms with E-state index < -0.39 is 0 Å². The molecule has 2 aliphatic rings. The van der Waals surface area contributed by atoms with Crippen LogP contribution < -0.4 is 9.64 Å². The highest BCUT2D eigenvalue weighted by Crippen LogP contribution is 2.33. The zero-order chi connectivity index (χ0) is 18.1. The maximum absolute atomic E-state index is 12.9. The first-order valence-corrected chi connectivity index (χ1v) is 9.16. The SMILES string of the molecule is COc1cc(/C=C2\Cc3ccc(N4CCCCC4)cc3C2=O)ccc1O. The van der Waals surface area contributed by atoms with Crippen LogP contribution in [0.3, 0.4) is 0 Å². The fourth-order valence-electron chi connectivity index (χ4n) is 3.84. The summed E-state index contributed by atoms with van der Waals surface area (Å²) >= 11 is 0. The minimum absolute atomic E-state index is 0.0989. The molecular formula is C22H23NO3. The molecule has 26 heavy (non-hydrogen) atoms. The lowest BCUT2D eigenvalue weighted by molar-refractivity contribution is 0.104. The van der Waals surface area contributed by atoms with E-state index in [4.69, 9.17) is 4.74 Å². The van der Waals surface area contributed by atoms with Gasteiger partial charge in [-0.2, -0.15) is 0 Å². The number of carbonyl (C=O) groups excluding carboxylic acids is 1. The molecule has 1 aliphatic carbocycles. The van der Waals surface area contributed by atoms with Gasteiger partial charge in [-0.3, -0.25) is 4.79 Å². The molecule has 134 valence electrons. The Morgan fingerprint density at radius 3 is 2.65 bits per heavy atom. The predicted molar refractivity (Wildman–Crippen MR) is 103 cm³/mol. The lowest BCUT2D eigenvalue weighted by atomic mass is 10.1. The molecule has 4 nitrogen and oxygen atoms in total. The van der Waals surface area contributed by atoms with Crippen LogP contribution >= 0.6 is 0 Å². The Morgan fingerprint density at radius 1 is 1.08 bits per heavy atom. The lowest BCUT2D eigenvalue weighted by Gasteiger charge is -2.29. The summed E-state index contributed by atoms with van der Waals surface area (Å²) in [4.78, 5) is 15.3. The van der Waals surface area contributed by atoms with Gasteiger partial charge in [0.2, 0.25) is 0 Å². The van der Waals surface area contributed by atoms with Crippen molar-refractivity contribution >= 4 is 17.5 Å². The molecule has 4 heteroatoms. The number of carbonyl (C=O) groups is 1. The van der Waals surface area contributed by atoms with E-state index in [0.717, 1.165) is 41.0 Å². The van der Waals surface area contributed by atoms with E-state index >= 15 is 0 Å². The molecule has 0 aromatic heterocycles. The topological polar surface area (TPSA) is 49.8 Å². The summed E-state index contributed by atoms with van der Waals surface area (Å²) < 4.78 is 5.15. The average molecular weight is 349 g/mol. The molecule has 1 fully saturated rings. The highest BCUT2D eigenvalue weighted by molar-refractivity contribution is 6.16. The number of aromatic hydroxyl groups is 1. The van der Waals surface area contributed by atoms with Crippen LogP contribution in [0.25, 0.3) is 6.08 Å². The van der Waals surface area contributed by atoms with Gasteiger partial charge in [0.1, 0.15) is 0 Å². The number of fused-ring (bicyclic) bond motifs is 1.